The van der Waals surface area contributed by atoms with E-state index in [0.29, 0.717) is 11.1 Å². The molecular formula is C24H24ClF2N3O2S. The third kappa shape index (κ3) is 6.10. The lowest BCUT2D eigenvalue weighted by Gasteiger charge is -2.19. The van der Waals surface area contributed by atoms with E-state index in [0.717, 1.165) is 16.5 Å². The molecule has 0 saturated carbocycles. The van der Waals surface area contributed by atoms with Crippen molar-refractivity contribution < 1.29 is 18.3 Å². The van der Waals surface area contributed by atoms with E-state index < -0.39 is 29.2 Å². The van der Waals surface area contributed by atoms with Crippen LogP contribution in [-0.4, -0.2) is 25.1 Å². The zero-order valence-electron chi connectivity index (χ0n) is 18.0. The molecule has 3 rings (SSSR count). The molecule has 4 N–H and O–H groups in total. The lowest BCUT2D eigenvalue weighted by Crippen LogP contribution is -2.31. The van der Waals surface area contributed by atoms with Gasteiger partial charge in [-0.05, 0) is 41.6 Å². The zero-order valence-corrected chi connectivity index (χ0v) is 19.7. The molecule has 33 heavy (non-hydrogen) atoms. The number of nitrogens with two attached hydrogens (primary N) is 1. The van der Waals surface area contributed by atoms with Crippen molar-refractivity contribution in [1.29, 1.82) is 5.41 Å². The Morgan fingerprint density at radius 1 is 1.09 bits per heavy atom. The molecular weight excluding hydrogens is 468 g/mol. The number of amides is 1. The molecule has 0 heterocycles. The van der Waals surface area contributed by atoms with Crippen molar-refractivity contribution in [3.05, 3.63) is 89.0 Å². The van der Waals surface area contributed by atoms with Gasteiger partial charge in [-0.1, -0.05) is 36.4 Å². The molecule has 5 nitrogen and oxygen atoms in total. The van der Waals surface area contributed by atoms with Crippen molar-refractivity contribution >= 4 is 35.9 Å². The van der Waals surface area contributed by atoms with Crippen molar-refractivity contribution in [1.82, 2.24) is 5.32 Å². The second-order valence-corrected chi connectivity index (χ2v) is 7.87. The fraction of sp³-hybridized carbons (Fsp3) is 0.167. The summed E-state index contributed by atoms with van der Waals surface area (Å²) >= 11 is 1.56. The van der Waals surface area contributed by atoms with Gasteiger partial charge in [0.05, 0.1) is 5.56 Å². The highest BCUT2D eigenvalue weighted by Gasteiger charge is 2.28. The summed E-state index contributed by atoms with van der Waals surface area (Å²) < 4.78 is 35.1. The van der Waals surface area contributed by atoms with Crippen molar-refractivity contribution in [3.63, 3.8) is 0 Å². The predicted octanol–water partition coefficient (Wildman–Crippen LogP) is 5.06. The van der Waals surface area contributed by atoms with Crippen LogP contribution in [0.25, 0.3) is 11.1 Å². The van der Waals surface area contributed by atoms with Crippen LogP contribution in [0.2, 0.25) is 0 Å². The average molecular weight is 492 g/mol. The van der Waals surface area contributed by atoms with Gasteiger partial charge in [0.1, 0.15) is 17.5 Å². The monoisotopic (exact) mass is 491 g/mol. The zero-order chi connectivity index (χ0) is 23.3. The Kier molecular flexibility index (Phi) is 9.40. The molecule has 0 fully saturated rings. The number of amidine groups is 1. The first-order chi connectivity index (χ1) is 15.3. The van der Waals surface area contributed by atoms with E-state index in [2.05, 4.69) is 5.32 Å². The topological polar surface area (TPSA) is 88.2 Å². The minimum Gasteiger partial charge on any atom is -0.384 e. The van der Waals surface area contributed by atoms with E-state index in [1.807, 2.05) is 18.4 Å². The Morgan fingerprint density at radius 3 is 2.27 bits per heavy atom. The molecule has 0 aliphatic rings. The smallest absolute Gasteiger partial charge is 0.254 e. The molecule has 0 radical (unpaired) electrons. The number of rotatable bonds is 8. The molecule has 9 heteroatoms. The van der Waals surface area contributed by atoms with Gasteiger partial charge in [0.25, 0.3) is 5.91 Å². The molecule has 1 atom stereocenters. The van der Waals surface area contributed by atoms with Crippen LogP contribution in [0, 0.1) is 17.0 Å². The molecule has 3 aromatic rings. The largest absolute Gasteiger partial charge is 0.384 e. The number of carbonyl (C=O) groups is 1. The number of benzene rings is 3. The molecule has 0 aliphatic carbocycles. The molecule has 3 aromatic carbocycles. The number of methoxy groups -OCH3 is 1. The highest BCUT2D eigenvalue weighted by molar-refractivity contribution is 7.98. The van der Waals surface area contributed by atoms with Gasteiger partial charge in [0, 0.05) is 29.7 Å². The van der Waals surface area contributed by atoms with Crippen LogP contribution in [0.1, 0.15) is 22.8 Å². The van der Waals surface area contributed by atoms with Crippen LogP contribution in [0.4, 0.5) is 8.78 Å². The summed E-state index contributed by atoms with van der Waals surface area (Å²) in [6, 6.07) is 16.4. The van der Waals surface area contributed by atoms with E-state index in [1.165, 1.54) is 13.2 Å². The Labute approximate surface area is 201 Å². The van der Waals surface area contributed by atoms with E-state index in [-0.39, 0.29) is 30.4 Å². The van der Waals surface area contributed by atoms with Crippen LogP contribution in [-0.2, 0) is 16.1 Å². The van der Waals surface area contributed by atoms with Gasteiger partial charge >= 0.3 is 0 Å². The Balaban J connectivity index is 0.00000385. The second kappa shape index (κ2) is 11.8. The predicted molar refractivity (Wildman–Crippen MR) is 130 cm³/mol. The number of hydrogen-bond acceptors (Lipinski definition) is 4. The van der Waals surface area contributed by atoms with Crippen LogP contribution in [0.3, 0.4) is 0 Å². The second-order valence-electron chi connectivity index (χ2n) is 7.00. The number of nitrogen functional groups attached to an aromatic ring is 1. The lowest BCUT2D eigenvalue weighted by molar-refractivity contribution is -0.131. The summed E-state index contributed by atoms with van der Waals surface area (Å²) in [7, 11) is 1.23. The summed E-state index contributed by atoms with van der Waals surface area (Å²) in [5.41, 5.74) is 7.04. The van der Waals surface area contributed by atoms with Crippen molar-refractivity contribution in [2.75, 3.05) is 13.4 Å². The summed E-state index contributed by atoms with van der Waals surface area (Å²) in [5, 5.41) is 10.1. The summed E-state index contributed by atoms with van der Waals surface area (Å²) in [6.07, 6.45) is 0.474. The van der Waals surface area contributed by atoms with Crippen LogP contribution in [0.5, 0.6) is 0 Å². The van der Waals surface area contributed by atoms with Gasteiger partial charge in [-0.15, -0.1) is 24.2 Å². The fourth-order valence-corrected chi connectivity index (χ4v) is 3.65. The Bertz CT molecular complexity index is 1130. The van der Waals surface area contributed by atoms with Gasteiger partial charge in [-0.2, -0.15) is 0 Å². The third-order valence-corrected chi connectivity index (χ3v) is 5.74. The van der Waals surface area contributed by atoms with Crippen molar-refractivity contribution in [3.8, 4) is 11.1 Å². The van der Waals surface area contributed by atoms with Gasteiger partial charge in [-0.3, -0.25) is 10.2 Å². The first-order valence-electron chi connectivity index (χ1n) is 9.71. The number of nitrogens with one attached hydrogen (secondary N) is 2. The summed E-state index contributed by atoms with van der Waals surface area (Å²) in [4.78, 5) is 13.7. The third-order valence-electron chi connectivity index (χ3n) is 5.00. The van der Waals surface area contributed by atoms with Crippen molar-refractivity contribution in [2.45, 2.75) is 17.5 Å². The number of hydrogen-bond donors (Lipinski definition) is 3. The molecule has 0 bridgehead atoms. The van der Waals surface area contributed by atoms with E-state index in [9.17, 15) is 9.18 Å². The molecule has 174 valence electrons. The van der Waals surface area contributed by atoms with E-state index in [1.54, 1.807) is 48.2 Å². The first kappa shape index (κ1) is 26.3. The van der Waals surface area contributed by atoms with Gasteiger partial charge in [0.2, 0.25) is 0 Å². The fourth-order valence-electron chi connectivity index (χ4n) is 3.24. The maximum Gasteiger partial charge on any atom is 0.254 e. The molecule has 0 spiro atoms. The summed E-state index contributed by atoms with van der Waals surface area (Å²) in [5.74, 6) is -2.43. The van der Waals surface area contributed by atoms with Gasteiger partial charge in [0.15, 0.2) is 6.10 Å². The van der Waals surface area contributed by atoms with Crippen LogP contribution in [0.15, 0.2) is 65.6 Å². The molecule has 1 amide bonds. The minimum atomic E-state index is -1.46. The van der Waals surface area contributed by atoms with Gasteiger partial charge in [-0.25, -0.2) is 8.78 Å². The highest BCUT2D eigenvalue weighted by Crippen LogP contribution is 2.32. The Morgan fingerprint density at radius 2 is 1.73 bits per heavy atom. The SMILES string of the molecule is COC(C(=O)NCc1ccc(C(=N)N)cc1)c1c(F)ccc(-c2ccc(SC)cc2)c1F.Cl. The number of thioether (sulfide) groups is 1. The van der Waals surface area contributed by atoms with Gasteiger partial charge < -0.3 is 15.8 Å². The highest BCUT2D eigenvalue weighted by atomic mass is 35.5. The van der Waals surface area contributed by atoms with Crippen LogP contribution >= 0.6 is 24.2 Å². The number of carbonyl (C=O) groups excluding carboxylic acids is 1. The number of halogens is 3. The van der Waals surface area contributed by atoms with E-state index >= 15 is 4.39 Å². The standard InChI is InChI=1S/C24H23F2N3O2S.ClH/c1-31-22(24(30)29-13-14-3-5-16(6-4-14)23(27)28)20-19(25)12-11-18(21(20)26)15-7-9-17(32-2)10-8-15;/h3-12,22H,13H2,1-2H3,(H3,27,28)(H,29,30);1H. The maximum absolute atomic E-state index is 15.3. The normalized spacial score (nSPS) is 11.4. The Hall–Kier alpha value is -2.94. The summed E-state index contributed by atoms with van der Waals surface area (Å²) in [6.45, 7) is 0.121. The maximum atomic E-state index is 15.3. The quantitative estimate of drug-likeness (QED) is 0.233. The molecule has 1 unspecified atom stereocenters. The minimum absolute atomic E-state index is 0. The molecule has 0 saturated heterocycles. The molecule has 0 aliphatic heterocycles. The number of ether oxygens (including phenoxy) is 1. The molecule has 0 aromatic heterocycles. The average Bonchev–Trinajstić information content (AvgIpc) is 2.80. The van der Waals surface area contributed by atoms with Crippen LogP contribution < -0.4 is 11.1 Å². The first-order valence-corrected chi connectivity index (χ1v) is 10.9. The van der Waals surface area contributed by atoms with E-state index in [4.69, 9.17) is 15.9 Å². The lowest BCUT2D eigenvalue weighted by atomic mass is 9.98. The van der Waals surface area contributed by atoms with Crippen molar-refractivity contribution in [2.24, 2.45) is 5.73 Å².